The molecule has 4 saturated carbocycles. The lowest BCUT2D eigenvalue weighted by Crippen LogP contribution is -2.46. The van der Waals surface area contributed by atoms with Gasteiger partial charge in [0.15, 0.2) is 0 Å². The van der Waals surface area contributed by atoms with Crippen molar-refractivity contribution < 1.29 is 9.53 Å². The number of esters is 1. The Bertz CT molecular complexity index is 815. The van der Waals surface area contributed by atoms with Gasteiger partial charge in [-0.3, -0.25) is 0 Å². The molecule has 4 aliphatic rings. The van der Waals surface area contributed by atoms with Gasteiger partial charge in [0.05, 0.1) is 12.2 Å². The van der Waals surface area contributed by atoms with Gasteiger partial charge in [-0.05, 0) is 93.1 Å². The molecule has 3 nitrogen and oxygen atoms in total. The number of H-pyrrole nitrogens is 1. The number of aromatic amines is 1. The second-order valence-electron chi connectivity index (χ2n) is 9.58. The van der Waals surface area contributed by atoms with Crippen LogP contribution in [0.5, 0.6) is 0 Å². The van der Waals surface area contributed by atoms with E-state index in [0.717, 1.165) is 46.7 Å². The lowest BCUT2D eigenvalue weighted by atomic mass is 9.48. The number of carbonyl (C=O) groups is 1. The summed E-state index contributed by atoms with van der Waals surface area (Å²) in [7, 11) is 0. The summed E-state index contributed by atoms with van der Waals surface area (Å²) < 4.78 is 5.35. The van der Waals surface area contributed by atoms with Crippen molar-refractivity contribution in [2.45, 2.75) is 58.3 Å². The molecule has 4 bridgehead atoms. The van der Waals surface area contributed by atoms with E-state index in [1.54, 1.807) is 0 Å². The third-order valence-electron chi connectivity index (χ3n) is 7.55. The molecule has 1 aromatic heterocycles. The molecule has 1 aromatic carbocycles. The molecule has 4 aliphatic carbocycles. The van der Waals surface area contributed by atoms with Crippen molar-refractivity contribution in [3.63, 3.8) is 0 Å². The zero-order chi connectivity index (χ0) is 19.1. The van der Waals surface area contributed by atoms with Gasteiger partial charge in [0.1, 0.15) is 0 Å². The van der Waals surface area contributed by atoms with Crippen molar-refractivity contribution in [2.75, 3.05) is 6.61 Å². The fraction of sp³-hybridized carbons (Fsp3) is 0.560. The summed E-state index contributed by atoms with van der Waals surface area (Å²) in [4.78, 5) is 16.2. The summed E-state index contributed by atoms with van der Waals surface area (Å²) >= 11 is 0. The van der Waals surface area contributed by atoms with Gasteiger partial charge in [-0.25, -0.2) is 4.79 Å². The van der Waals surface area contributed by atoms with Crippen molar-refractivity contribution in [3.8, 4) is 11.3 Å². The van der Waals surface area contributed by atoms with E-state index in [1.165, 1.54) is 44.9 Å². The van der Waals surface area contributed by atoms with Gasteiger partial charge in [-0.2, -0.15) is 0 Å². The first-order chi connectivity index (χ1) is 13.6. The molecule has 6 rings (SSSR count). The Morgan fingerprint density at radius 2 is 1.71 bits per heavy atom. The molecular weight excluding hydrogens is 346 g/mol. The predicted octanol–water partition coefficient (Wildman–Crippen LogP) is 6.01. The van der Waals surface area contributed by atoms with Crippen LogP contribution >= 0.6 is 0 Å². The summed E-state index contributed by atoms with van der Waals surface area (Å²) in [6.07, 6.45) is 10.8. The molecule has 0 amide bonds. The molecule has 0 unspecified atom stereocenters. The highest BCUT2D eigenvalue weighted by molar-refractivity contribution is 5.92. The molecule has 148 valence electrons. The zero-order valence-electron chi connectivity index (χ0n) is 16.9. The number of nitrogens with one attached hydrogen (secondary N) is 1. The minimum atomic E-state index is -0.193. The lowest BCUT2D eigenvalue weighted by Gasteiger charge is -2.57. The lowest BCUT2D eigenvalue weighted by molar-refractivity contribution is -0.0571. The Labute approximate surface area is 167 Å². The number of aromatic nitrogens is 1. The number of carbonyl (C=O) groups excluding carboxylic acids is 1. The van der Waals surface area contributed by atoms with Crippen molar-refractivity contribution >= 4 is 5.97 Å². The van der Waals surface area contributed by atoms with Gasteiger partial charge in [0.25, 0.3) is 0 Å². The maximum absolute atomic E-state index is 12.6. The Balaban J connectivity index is 1.39. The second kappa shape index (κ2) is 7.09. The number of ether oxygens (including phenoxy) is 1. The van der Waals surface area contributed by atoms with Gasteiger partial charge in [-0.15, -0.1) is 0 Å². The Kier molecular flexibility index (Phi) is 4.57. The molecule has 3 heteroatoms. The van der Waals surface area contributed by atoms with E-state index in [9.17, 15) is 4.79 Å². The second-order valence-corrected chi connectivity index (χ2v) is 9.58. The molecule has 2 aromatic rings. The molecule has 0 saturated heterocycles. The van der Waals surface area contributed by atoms with Crippen LogP contribution in [0.2, 0.25) is 0 Å². The minimum Gasteiger partial charge on any atom is -0.462 e. The van der Waals surface area contributed by atoms with Crippen LogP contribution < -0.4 is 0 Å². The van der Waals surface area contributed by atoms with Crippen LogP contribution in [0.25, 0.3) is 11.3 Å². The van der Waals surface area contributed by atoms with Crippen LogP contribution in [0, 0.1) is 23.2 Å². The maximum atomic E-state index is 12.6. The van der Waals surface area contributed by atoms with E-state index in [2.05, 4.69) is 17.1 Å². The standard InChI is InChI=1S/C25H31NO2/c1-2-28-24(27)21-13-23(20-6-4-3-5-7-20)26-22(21)8-9-25-14-17-10-18(15-25)12-19(11-17)16-25/h3-7,13,17-19,26H,2,8-12,14-16H2,1H3. The number of aryl methyl sites for hydroxylation is 1. The normalized spacial score (nSPS) is 30.5. The van der Waals surface area contributed by atoms with E-state index < -0.39 is 0 Å². The van der Waals surface area contributed by atoms with E-state index in [0.29, 0.717) is 12.0 Å². The highest BCUT2D eigenvalue weighted by Gasteiger charge is 2.50. The molecule has 0 spiro atoms. The van der Waals surface area contributed by atoms with Gasteiger partial charge in [0, 0.05) is 11.4 Å². The van der Waals surface area contributed by atoms with E-state index >= 15 is 0 Å². The van der Waals surface area contributed by atoms with Crippen LogP contribution in [0.15, 0.2) is 36.4 Å². The average molecular weight is 378 g/mol. The number of benzene rings is 1. The van der Waals surface area contributed by atoms with Gasteiger partial charge >= 0.3 is 5.97 Å². The average Bonchev–Trinajstić information content (AvgIpc) is 3.11. The van der Waals surface area contributed by atoms with Crippen molar-refractivity contribution in [2.24, 2.45) is 23.2 Å². The number of hydrogen-bond acceptors (Lipinski definition) is 2. The largest absolute Gasteiger partial charge is 0.462 e. The summed E-state index contributed by atoms with van der Waals surface area (Å²) in [5, 5.41) is 0. The molecule has 0 atom stereocenters. The molecule has 4 fully saturated rings. The Morgan fingerprint density at radius 3 is 2.32 bits per heavy atom. The first-order valence-electron chi connectivity index (χ1n) is 11.1. The first-order valence-corrected chi connectivity index (χ1v) is 11.1. The zero-order valence-corrected chi connectivity index (χ0v) is 16.9. The molecule has 1 N–H and O–H groups in total. The van der Waals surface area contributed by atoms with Crippen LogP contribution in [-0.2, 0) is 11.2 Å². The summed E-state index contributed by atoms with van der Waals surface area (Å²) in [6, 6.07) is 12.3. The fourth-order valence-corrected chi connectivity index (χ4v) is 6.85. The molecule has 0 radical (unpaired) electrons. The smallest absolute Gasteiger partial charge is 0.339 e. The van der Waals surface area contributed by atoms with Gasteiger partial charge in [-0.1, -0.05) is 30.3 Å². The maximum Gasteiger partial charge on any atom is 0.339 e. The monoisotopic (exact) mass is 377 g/mol. The number of hydrogen-bond donors (Lipinski definition) is 1. The van der Waals surface area contributed by atoms with Crippen molar-refractivity contribution in [1.29, 1.82) is 0 Å². The van der Waals surface area contributed by atoms with Gasteiger partial charge < -0.3 is 9.72 Å². The number of rotatable bonds is 6. The van der Waals surface area contributed by atoms with Crippen LogP contribution in [0.3, 0.4) is 0 Å². The highest BCUT2D eigenvalue weighted by Crippen LogP contribution is 2.61. The SMILES string of the molecule is CCOC(=O)c1cc(-c2ccccc2)[nH]c1CCC12CC3CC(CC(C3)C1)C2. The summed E-state index contributed by atoms with van der Waals surface area (Å²) in [5.41, 5.74) is 4.45. The molecule has 1 heterocycles. The van der Waals surface area contributed by atoms with Gasteiger partial charge in [0.2, 0.25) is 0 Å². The minimum absolute atomic E-state index is 0.193. The van der Waals surface area contributed by atoms with Crippen molar-refractivity contribution in [1.82, 2.24) is 4.98 Å². The van der Waals surface area contributed by atoms with Crippen molar-refractivity contribution in [3.05, 3.63) is 47.7 Å². The third-order valence-corrected chi connectivity index (χ3v) is 7.55. The van der Waals surface area contributed by atoms with Crippen LogP contribution in [-0.4, -0.2) is 17.6 Å². The third kappa shape index (κ3) is 3.29. The Hall–Kier alpha value is -2.03. The first kappa shape index (κ1) is 18.0. The molecule has 0 aliphatic heterocycles. The summed E-state index contributed by atoms with van der Waals surface area (Å²) in [6.45, 7) is 2.29. The molecule has 28 heavy (non-hydrogen) atoms. The van der Waals surface area contributed by atoms with E-state index in [1.807, 2.05) is 31.2 Å². The quantitative estimate of drug-likeness (QED) is 0.627. The topological polar surface area (TPSA) is 42.1 Å². The fourth-order valence-electron chi connectivity index (χ4n) is 6.85. The Morgan fingerprint density at radius 1 is 1.07 bits per heavy atom. The highest BCUT2D eigenvalue weighted by atomic mass is 16.5. The van der Waals surface area contributed by atoms with E-state index in [4.69, 9.17) is 4.74 Å². The van der Waals surface area contributed by atoms with Crippen LogP contribution in [0.1, 0.15) is 67.9 Å². The summed E-state index contributed by atoms with van der Waals surface area (Å²) in [5.74, 6) is 2.72. The van der Waals surface area contributed by atoms with Crippen LogP contribution in [0.4, 0.5) is 0 Å². The molecular formula is C25H31NO2. The predicted molar refractivity (Wildman–Crippen MR) is 111 cm³/mol. The van der Waals surface area contributed by atoms with E-state index in [-0.39, 0.29) is 5.97 Å².